The number of aliphatic carboxylic acids is 1. The minimum atomic E-state index is -0.848. The molecule has 156 valence electrons. The van der Waals surface area contributed by atoms with Crippen molar-refractivity contribution >= 4 is 28.7 Å². The van der Waals surface area contributed by atoms with E-state index in [0.29, 0.717) is 48.5 Å². The summed E-state index contributed by atoms with van der Waals surface area (Å²) in [5.41, 5.74) is 1.98. The number of piperidine rings is 1. The highest BCUT2D eigenvalue weighted by Gasteiger charge is 2.33. The molecule has 2 heterocycles. The molecule has 4 rings (SSSR count). The molecule has 7 nitrogen and oxygen atoms in total. The lowest BCUT2D eigenvalue weighted by Crippen LogP contribution is -2.46. The highest BCUT2D eigenvalue weighted by atomic mass is 19.1. The van der Waals surface area contributed by atoms with Crippen molar-refractivity contribution in [3.05, 3.63) is 60.2 Å². The van der Waals surface area contributed by atoms with Crippen LogP contribution < -0.4 is 5.32 Å². The summed E-state index contributed by atoms with van der Waals surface area (Å²) in [6.07, 6.45) is 1.14. The minimum absolute atomic E-state index is 0.0493. The van der Waals surface area contributed by atoms with Crippen molar-refractivity contribution in [1.82, 2.24) is 14.9 Å². The monoisotopic (exact) mass is 410 g/mol. The van der Waals surface area contributed by atoms with Crippen LogP contribution in [0.4, 0.5) is 14.9 Å². The molecule has 1 fully saturated rings. The van der Waals surface area contributed by atoms with E-state index in [0.717, 1.165) is 0 Å². The first-order valence-corrected chi connectivity index (χ1v) is 9.95. The van der Waals surface area contributed by atoms with Crippen LogP contribution in [0, 0.1) is 17.7 Å². The number of hydrogen-bond acceptors (Lipinski definition) is 3. The van der Waals surface area contributed by atoms with Crippen LogP contribution in [0.15, 0.2) is 48.5 Å². The SMILES string of the molecule is O=C(O)C[C@@H]1CCN(C(=O)Nc2ccccc2)C[C@@H]1Cc1nc2ccc(F)cc2[nH]1. The summed E-state index contributed by atoms with van der Waals surface area (Å²) in [5, 5.41) is 12.2. The van der Waals surface area contributed by atoms with Crippen LogP contribution in [0.1, 0.15) is 18.7 Å². The van der Waals surface area contributed by atoms with Crippen LogP contribution in [-0.2, 0) is 11.2 Å². The zero-order valence-corrected chi connectivity index (χ0v) is 16.3. The predicted molar refractivity (Wildman–Crippen MR) is 111 cm³/mol. The first kappa shape index (κ1) is 19.9. The molecule has 1 aromatic heterocycles. The number of nitrogens with one attached hydrogen (secondary N) is 2. The van der Waals surface area contributed by atoms with Crippen molar-refractivity contribution in [1.29, 1.82) is 0 Å². The van der Waals surface area contributed by atoms with Gasteiger partial charge in [0.05, 0.1) is 11.0 Å². The van der Waals surface area contributed by atoms with Gasteiger partial charge >= 0.3 is 12.0 Å². The summed E-state index contributed by atoms with van der Waals surface area (Å²) >= 11 is 0. The molecule has 2 atom stereocenters. The highest BCUT2D eigenvalue weighted by molar-refractivity contribution is 5.89. The number of carbonyl (C=O) groups is 2. The fourth-order valence-corrected chi connectivity index (χ4v) is 4.09. The van der Waals surface area contributed by atoms with Gasteiger partial charge in [-0.2, -0.15) is 0 Å². The van der Waals surface area contributed by atoms with E-state index in [2.05, 4.69) is 15.3 Å². The van der Waals surface area contributed by atoms with Crippen molar-refractivity contribution in [3.63, 3.8) is 0 Å². The van der Waals surface area contributed by atoms with E-state index in [1.165, 1.54) is 12.1 Å². The van der Waals surface area contributed by atoms with E-state index in [4.69, 9.17) is 0 Å². The van der Waals surface area contributed by atoms with Gasteiger partial charge in [-0.1, -0.05) is 18.2 Å². The average molecular weight is 410 g/mol. The molecule has 1 aliphatic heterocycles. The van der Waals surface area contributed by atoms with Crippen molar-refractivity contribution in [2.45, 2.75) is 19.3 Å². The third-order valence-corrected chi connectivity index (χ3v) is 5.59. The Kier molecular flexibility index (Phi) is 5.65. The molecular weight excluding hydrogens is 387 g/mol. The van der Waals surface area contributed by atoms with Crippen LogP contribution in [0.2, 0.25) is 0 Å². The van der Waals surface area contributed by atoms with Crippen LogP contribution in [0.3, 0.4) is 0 Å². The number of carboxylic acids is 1. The number of amides is 2. The second kappa shape index (κ2) is 8.52. The third kappa shape index (κ3) is 4.59. The number of imidazole rings is 1. The topological polar surface area (TPSA) is 98.3 Å². The number of para-hydroxylation sites is 1. The Morgan fingerprint density at radius 2 is 2.00 bits per heavy atom. The number of carbonyl (C=O) groups excluding carboxylic acids is 1. The quantitative estimate of drug-likeness (QED) is 0.594. The number of hydrogen-bond donors (Lipinski definition) is 3. The third-order valence-electron chi connectivity index (χ3n) is 5.59. The maximum absolute atomic E-state index is 13.5. The number of nitrogens with zero attached hydrogens (tertiary/aromatic N) is 2. The van der Waals surface area contributed by atoms with E-state index in [-0.39, 0.29) is 30.1 Å². The predicted octanol–water partition coefficient (Wildman–Crippen LogP) is 3.89. The van der Waals surface area contributed by atoms with Crippen molar-refractivity contribution in [3.8, 4) is 0 Å². The van der Waals surface area contributed by atoms with Gasteiger partial charge < -0.3 is 20.3 Å². The van der Waals surface area contributed by atoms with Gasteiger partial charge in [-0.25, -0.2) is 14.2 Å². The van der Waals surface area contributed by atoms with Crippen LogP contribution >= 0.6 is 0 Å². The maximum atomic E-state index is 13.5. The van der Waals surface area contributed by atoms with E-state index >= 15 is 0 Å². The number of anilines is 1. The van der Waals surface area contributed by atoms with Gasteiger partial charge in [-0.05, 0) is 48.6 Å². The van der Waals surface area contributed by atoms with E-state index in [1.807, 2.05) is 30.3 Å². The number of halogens is 1. The Morgan fingerprint density at radius 3 is 2.77 bits per heavy atom. The molecule has 0 spiro atoms. The number of fused-ring (bicyclic) bond motifs is 1. The largest absolute Gasteiger partial charge is 0.481 e. The van der Waals surface area contributed by atoms with Crippen molar-refractivity contribution < 1.29 is 19.1 Å². The van der Waals surface area contributed by atoms with Gasteiger partial charge in [-0.3, -0.25) is 4.79 Å². The Balaban J connectivity index is 1.50. The Hall–Kier alpha value is -3.42. The minimum Gasteiger partial charge on any atom is -0.481 e. The molecule has 0 unspecified atom stereocenters. The summed E-state index contributed by atoms with van der Waals surface area (Å²) < 4.78 is 13.5. The fraction of sp³-hybridized carbons (Fsp3) is 0.318. The number of urea groups is 1. The first-order valence-electron chi connectivity index (χ1n) is 9.95. The Morgan fingerprint density at radius 1 is 1.20 bits per heavy atom. The van der Waals surface area contributed by atoms with Gasteiger partial charge in [0.25, 0.3) is 0 Å². The van der Waals surface area contributed by atoms with Gasteiger partial charge in [0.2, 0.25) is 0 Å². The average Bonchev–Trinajstić information content (AvgIpc) is 3.11. The zero-order chi connectivity index (χ0) is 21.1. The number of H-pyrrole nitrogens is 1. The number of likely N-dealkylation sites (tertiary alicyclic amines) is 1. The molecular formula is C22H23FN4O3. The van der Waals surface area contributed by atoms with Gasteiger partial charge in [-0.15, -0.1) is 0 Å². The zero-order valence-electron chi connectivity index (χ0n) is 16.3. The normalized spacial score (nSPS) is 19.0. The lowest BCUT2D eigenvalue weighted by molar-refractivity contribution is -0.139. The molecule has 0 bridgehead atoms. The summed E-state index contributed by atoms with van der Waals surface area (Å²) in [6, 6.07) is 13.4. The van der Waals surface area contributed by atoms with Crippen molar-refractivity contribution in [2.24, 2.45) is 11.8 Å². The summed E-state index contributed by atoms with van der Waals surface area (Å²) in [6.45, 7) is 0.931. The molecule has 8 heteroatoms. The Labute approximate surface area is 172 Å². The Bertz CT molecular complexity index is 1050. The lowest BCUT2D eigenvalue weighted by atomic mass is 9.81. The van der Waals surface area contributed by atoms with Crippen molar-refractivity contribution in [2.75, 3.05) is 18.4 Å². The summed E-state index contributed by atoms with van der Waals surface area (Å²) in [7, 11) is 0. The number of aromatic nitrogens is 2. The first-order chi connectivity index (χ1) is 14.5. The van der Waals surface area contributed by atoms with Gasteiger partial charge in [0, 0.05) is 31.6 Å². The molecule has 3 aromatic rings. The highest BCUT2D eigenvalue weighted by Crippen LogP contribution is 2.30. The number of aromatic amines is 1. The van der Waals surface area contributed by atoms with Crippen LogP contribution in [0.5, 0.6) is 0 Å². The molecule has 0 aliphatic carbocycles. The van der Waals surface area contributed by atoms with E-state index in [1.54, 1.807) is 11.0 Å². The molecule has 0 radical (unpaired) electrons. The maximum Gasteiger partial charge on any atom is 0.321 e. The van der Waals surface area contributed by atoms with Crippen LogP contribution in [-0.4, -0.2) is 45.1 Å². The summed E-state index contributed by atoms with van der Waals surface area (Å²) in [4.78, 5) is 33.4. The fourth-order valence-electron chi connectivity index (χ4n) is 4.09. The lowest BCUT2D eigenvalue weighted by Gasteiger charge is -2.37. The molecule has 0 saturated carbocycles. The number of carboxylic acid groups (broad SMARTS) is 1. The molecule has 1 aliphatic rings. The smallest absolute Gasteiger partial charge is 0.321 e. The standard InChI is InChI=1S/C22H23FN4O3/c23-16-6-7-18-19(12-16)26-20(25-18)10-15-13-27(9-8-14(15)11-21(28)29)22(30)24-17-4-2-1-3-5-17/h1-7,12,14-15H,8-11,13H2,(H,24,30)(H,25,26)(H,28,29)/t14-,15-/m0/s1. The second-order valence-corrected chi connectivity index (χ2v) is 7.70. The number of rotatable bonds is 5. The van der Waals surface area contributed by atoms with E-state index in [9.17, 15) is 19.1 Å². The van der Waals surface area contributed by atoms with Gasteiger partial charge in [0.1, 0.15) is 11.6 Å². The number of benzene rings is 2. The summed E-state index contributed by atoms with van der Waals surface area (Å²) in [5.74, 6) is -0.655. The molecule has 3 N–H and O–H groups in total. The second-order valence-electron chi connectivity index (χ2n) is 7.70. The van der Waals surface area contributed by atoms with E-state index < -0.39 is 5.97 Å². The van der Waals surface area contributed by atoms with Gasteiger partial charge in [0.15, 0.2) is 0 Å². The molecule has 2 aromatic carbocycles. The molecule has 2 amide bonds. The molecule has 30 heavy (non-hydrogen) atoms. The van der Waals surface area contributed by atoms with Crippen LogP contribution in [0.25, 0.3) is 11.0 Å². The molecule has 1 saturated heterocycles.